The molecule has 2 atom stereocenters. The molecule has 0 bridgehead atoms. The van der Waals surface area contributed by atoms with Crippen LogP contribution >= 0.6 is 0 Å². The van der Waals surface area contributed by atoms with Crippen LogP contribution in [0.15, 0.2) is 24.3 Å². The minimum Gasteiger partial charge on any atom is -0.469 e. The van der Waals surface area contributed by atoms with Gasteiger partial charge in [0.15, 0.2) is 0 Å². The summed E-state index contributed by atoms with van der Waals surface area (Å²) in [6, 6.07) is 8.55. The van der Waals surface area contributed by atoms with Crippen molar-refractivity contribution in [3.63, 3.8) is 0 Å². The average Bonchev–Trinajstić information content (AvgIpc) is 2.67. The summed E-state index contributed by atoms with van der Waals surface area (Å²) in [5.41, 5.74) is 1.98. The molecule has 0 unspecified atom stereocenters. The molecule has 0 spiro atoms. The molecule has 2 rings (SSSR count). The lowest BCUT2D eigenvalue weighted by Crippen LogP contribution is -2.43. The number of benzene rings is 1. The Morgan fingerprint density at radius 3 is 2.33 bits per heavy atom. The Hall–Kier alpha value is -1.31. The largest absolute Gasteiger partial charge is 0.469 e. The Balaban J connectivity index is 2.45. The number of hydrogen-bond acceptors (Lipinski definition) is 2. The van der Waals surface area contributed by atoms with Crippen molar-refractivity contribution in [1.29, 1.82) is 0 Å². The lowest BCUT2D eigenvalue weighted by Gasteiger charge is -2.39. The molecule has 2 nitrogen and oxygen atoms in total. The van der Waals surface area contributed by atoms with E-state index in [1.54, 1.807) is 0 Å². The van der Waals surface area contributed by atoms with Crippen LogP contribution in [0.4, 0.5) is 0 Å². The van der Waals surface area contributed by atoms with Crippen molar-refractivity contribution in [3.05, 3.63) is 35.4 Å². The first-order chi connectivity index (χ1) is 8.44. The molecule has 0 radical (unpaired) electrons. The molecule has 0 amide bonds. The van der Waals surface area contributed by atoms with Gasteiger partial charge in [0.1, 0.15) is 0 Å². The maximum Gasteiger partial charge on any atom is 0.312 e. The van der Waals surface area contributed by atoms with E-state index in [-0.39, 0.29) is 11.4 Å². The Morgan fingerprint density at radius 2 is 1.78 bits per heavy atom. The van der Waals surface area contributed by atoms with E-state index in [9.17, 15) is 4.79 Å². The maximum absolute atomic E-state index is 12.2. The summed E-state index contributed by atoms with van der Waals surface area (Å²) in [5, 5.41) is 0. The van der Waals surface area contributed by atoms with Crippen molar-refractivity contribution < 1.29 is 9.53 Å². The number of esters is 1. The van der Waals surface area contributed by atoms with Gasteiger partial charge in [-0.3, -0.25) is 4.79 Å². The number of rotatable bonds is 2. The van der Waals surface area contributed by atoms with Gasteiger partial charge in [0.2, 0.25) is 0 Å². The fourth-order valence-electron chi connectivity index (χ4n) is 3.28. The highest BCUT2D eigenvalue weighted by Gasteiger charge is 2.54. The van der Waals surface area contributed by atoms with E-state index in [0.29, 0.717) is 0 Å². The first-order valence-corrected chi connectivity index (χ1v) is 6.59. The molecule has 1 fully saturated rings. The van der Waals surface area contributed by atoms with Crippen LogP contribution in [0, 0.1) is 12.3 Å². The average molecular weight is 246 g/mol. The molecule has 0 N–H and O–H groups in total. The van der Waals surface area contributed by atoms with Gasteiger partial charge < -0.3 is 4.74 Å². The van der Waals surface area contributed by atoms with Crippen LogP contribution in [0.2, 0.25) is 0 Å². The van der Waals surface area contributed by atoms with E-state index in [1.807, 2.05) is 6.92 Å². The molecule has 98 valence electrons. The molecule has 0 aromatic heterocycles. The van der Waals surface area contributed by atoms with Gasteiger partial charge >= 0.3 is 5.97 Å². The maximum atomic E-state index is 12.2. The molecular formula is C16H22O2. The summed E-state index contributed by atoms with van der Waals surface area (Å²) in [4.78, 5) is 12.2. The predicted octanol–water partition coefficient (Wildman–Crippen LogP) is 3.62. The Labute approximate surface area is 109 Å². The van der Waals surface area contributed by atoms with Gasteiger partial charge in [-0.2, -0.15) is 0 Å². The summed E-state index contributed by atoms with van der Waals surface area (Å²) in [5.74, 6) is -0.0805. The summed E-state index contributed by atoms with van der Waals surface area (Å²) in [6.07, 6.45) is 3.03. The zero-order chi connectivity index (χ0) is 13.4. The Bertz CT molecular complexity index is 449. The van der Waals surface area contributed by atoms with Crippen LogP contribution in [-0.4, -0.2) is 13.1 Å². The number of hydrogen-bond donors (Lipinski definition) is 0. The molecular weight excluding hydrogens is 224 g/mol. The molecule has 1 aliphatic carbocycles. The lowest BCUT2D eigenvalue weighted by molar-refractivity contribution is -0.154. The van der Waals surface area contributed by atoms with Crippen molar-refractivity contribution in [2.24, 2.45) is 5.41 Å². The van der Waals surface area contributed by atoms with Crippen LogP contribution in [0.25, 0.3) is 0 Å². The van der Waals surface area contributed by atoms with E-state index >= 15 is 0 Å². The molecule has 1 aromatic carbocycles. The van der Waals surface area contributed by atoms with Crippen LogP contribution in [0.5, 0.6) is 0 Å². The Morgan fingerprint density at radius 1 is 1.17 bits per heavy atom. The van der Waals surface area contributed by atoms with E-state index in [2.05, 4.69) is 38.1 Å². The van der Waals surface area contributed by atoms with Gasteiger partial charge in [0.05, 0.1) is 12.5 Å². The number of aryl methyl sites for hydroxylation is 1. The third-order valence-electron chi connectivity index (χ3n) is 4.90. The number of carbonyl (C=O) groups is 1. The monoisotopic (exact) mass is 246 g/mol. The molecule has 0 heterocycles. The predicted molar refractivity (Wildman–Crippen MR) is 72.5 cm³/mol. The topological polar surface area (TPSA) is 26.3 Å². The molecule has 1 saturated carbocycles. The van der Waals surface area contributed by atoms with E-state index in [4.69, 9.17) is 4.74 Å². The highest BCUT2D eigenvalue weighted by atomic mass is 16.5. The van der Waals surface area contributed by atoms with E-state index in [1.165, 1.54) is 18.2 Å². The third kappa shape index (κ3) is 1.75. The first-order valence-electron chi connectivity index (χ1n) is 6.59. The Kier molecular flexibility index (Phi) is 3.22. The van der Waals surface area contributed by atoms with Crippen molar-refractivity contribution in [2.75, 3.05) is 7.11 Å². The van der Waals surface area contributed by atoms with Crippen molar-refractivity contribution in [3.8, 4) is 0 Å². The van der Waals surface area contributed by atoms with Gasteiger partial charge in [-0.15, -0.1) is 0 Å². The van der Waals surface area contributed by atoms with Crippen molar-refractivity contribution in [2.45, 2.75) is 45.4 Å². The van der Waals surface area contributed by atoms with Gasteiger partial charge in [0, 0.05) is 5.41 Å². The molecule has 0 aliphatic heterocycles. The van der Waals surface area contributed by atoms with Crippen LogP contribution < -0.4 is 0 Å². The van der Waals surface area contributed by atoms with E-state index in [0.717, 1.165) is 19.3 Å². The van der Waals surface area contributed by atoms with E-state index < -0.39 is 5.41 Å². The van der Waals surface area contributed by atoms with Crippen molar-refractivity contribution in [1.82, 2.24) is 0 Å². The fraction of sp³-hybridized carbons (Fsp3) is 0.562. The smallest absolute Gasteiger partial charge is 0.312 e. The highest BCUT2D eigenvalue weighted by molar-refractivity contribution is 5.79. The van der Waals surface area contributed by atoms with Gasteiger partial charge in [-0.1, -0.05) is 43.2 Å². The molecule has 2 heteroatoms. The standard InChI is InChI=1S/C16H22O2/c1-12-6-8-13(9-7-12)15(2)10-5-11-16(15,3)14(17)18-4/h6-9H,5,10-11H2,1-4H3/t15-,16+/m0/s1. The van der Waals surface area contributed by atoms with Gasteiger partial charge in [0.25, 0.3) is 0 Å². The summed E-state index contributed by atoms with van der Waals surface area (Å²) in [7, 11) is 1.49. The molecule has 1 aliphatic rings. The second-order valence-corrected chi connectivity index (χ2v) is 5.88. The first kappa shape index (κ1) is 13.1. The minimum atomic E-state index is -0.406. The fourth-order valence-corrected chi connectivity index (χ4v) is 3.28. The second kappa shape index (κ2) is 4.42. The molecule has 0 saturated heterocycles. The minimum absolute atomic E-state index is 0.0805. The third-order valence-corrected chi connectivity index (χ3v) is 4.90. The molecule has 18 heavy (non-hydrogen) atoms. The SMILES string of the molecule is COC(=O)[C@@]1(C)CCC[C@@]1(C)c1ccc(C)cc1. The second-order valence-electron chi connectivity index (χ2n) is 5.88. The van der Waals surface area contributed by atoms with Gasteiger partial charge in [-0.05, 0) is 32.3 Å². The number of methoxy groups -OCH3 is 1. The normalized spacial score (nSPS) is 31.3. The summed E-state index contributed by atoms with van der Waals surface area (Å²) >= 11 is 0. The van der Waals surface area contributed by atoms with Crippen molar-refractivity contribution >= 4 is 5.97 Å². The highest BCUT2D eigenvalue weighted by Crippen LogP contribution is 2.54. The zero-order valence-electron chi connectivity index (χ0n) is 11.7. The lowest BCUT2D eigenvalue weighted by atomic mass is 9.64. The van der Waals surface area contributed by atoms with Gasteiger partial charge in [-0.25, -0.2) is 0 Å². The summed E-state index contributed by atoms with van der Waals surface area (Å²) < 4.78 is 5.04. The van der Waals surface area contributed by atoms with Crippen LogP contribution in [0.1, 0.15) is 44.2 Å². The quantitative estimate of drug-likeness (QED) is 0.745. The number of carbonyl (C=O) groups excluding carboxylic acids is 1. The summed E-state index contributed by atoms with van der Waals surface area (Å²) in [6.45, 7) is 6.33. The zero-order valence-corrected chi connectivity index (χ0v) is 11.7. The van der Waals surface area contributed by atoms with Crippen LogP contribution in [-0.2, 0) is 14.9 Å². The van der Waals surface area contributed by atoms with Crippen LogP contribution in [0.3, 0.4) is 0 Å². The number of ether oxygens (including phenoxy) is 1. The molecule has 1 aromatic rings.